The molecule has 1 atom stereocenters. The molecule has 0 radical (unpaired) electrons. The van der Waals surface area contributed by atoms with E-state index in [9.17, 15) is 28.3 Å². The molecule has 3 amide bonds. The van der Waals surface area contributed by atoms with Crippen LogP contribution in [0.5, 0.6) is 0 Å². The summed E-state index contributed by atoms with van der Waals surface area (Å²) >= 11 is 0. The molecular weight excluding hydrogens is 394 g/mol. The average molecular weight is 415 g/mol. The van der Waals surface area contributed by atoms with E-state index >= 15 is 0 Å². The summed E-state index contributed by atoms with van der Waals surface area (Å²) < 4.78 is 28.6. The zero-order chi connectivity index (χ0) is 22.2. The second kappa shape index (κ2) is 7.85. The van der Waals surface area contributed by atoms with Gasteiger partial charge >= 0.3 is 0 Å². The molecule has 0 saturated carbocycles. The van der Waals surface area contributed by atoms with Crippen LogP contribution in [0.25, 0.3) is 0 Å². The van der Waals surface area contributed by atoms with Crippen LogP contribution in [0.2, 0.25) is 0 Å². The number of hydrogen-bond donors (Lipinski definition) is 0. The van der Waals surface area contributed by atoms with Gasteiger partial charge in [-0.3, -0.25) is 14.5 Å². The van der Waals surface area contributed by atoms with Gasteiger partial charge in [-0.2, -0.15) is 0 Å². The molecule has 2 aromatic rings. The van der Waals surface area contributed by atoms with Crippen molar-refractivity contribution in [3.63, 3.8) is 0 Å². The second-order valence-corrected chi connectivity index (χ2v) is 8.13. The zero-order valence-electron chi connectivity index (χ0n) is 16.8. The van der Waals surface area contributed by atoms with Gasteiger partial charge in [-0.05, 0) is 45.0 Å². The molecule has 0 N–H and O–H groups in total. The zero-order valence-corrected chi connectivity index (χ0v) is 16.8. The quantitative estimate of drug-likeness (QED) is 0.703. The highest BCUT2D eigenvalue weighted by Crippen LogP contribution is 2.27. The summed E-state index contributed by atoms with van der Waals surface area (Å²) in [4.78, 5) is 39.3. The number of carbonyl (C=O) groups is 3. The molecule has 0 bridgehead atoms. The van der Waals surface area contributed by atoms with Gasteiger partial charge in [-0.1, -0.05) is 18.2 Å². The number of amides is 3. The highest BCUT2D eigenvalue weighted by molar-refractivity contribution is 6.21. The third kappa shape index (κ3) is 3.90. The Labute approximate surface area is 172 Å². The van der Waals surface area contributed by atoms with E-state index < -0.39 is 41.1 Å². The molecular formula is C22H21F2N2O4-. The first kappa shape index (κ1) is 21.4. The number of imide groups is 1. The standard InChI is InChI=1S/C22H22F2N2O4/c1-22(2,3)26(21(29)30)13(11-16-17(23)9-6-10-18(16)24)12-25-19(27)14-7-4-5-8-15(14)20(25)28/h4-10,13H,11-12H2,1-3H3,(H,29,30)/p-1/t13-/m0/s1. The molecule has 0 saturated heterocycles. The molecule has 6 nitrogen and oxygen atoms in total. The normalized spacial score (nSPS) is 14.6. The van der Waals surface area contributed by atoms with E-state index in [1.165, 1.54) is 18.2 Å². The van der Waals surface area contributed by atoms with Crippen LogP contribution in [0.3, 0.4) is 0 Å². The van der Waals surface area contributed by atoms with Crippen molar-refractivity contribution >= 4 is 17.9 Å². The molecule has 2 aromatic carbocycles. The highest BCUT2D eigenvalue weighted by atomic mass is 19.1. The van der Waals surface area contributed by atoms with E-state index in [1.54, 1.807) is 32.9 Å². The lowest BCUT2D eigenvalue weighted by Crippen LogP contribution is -2.60. The topological polar surface area (TPSA) is 80.8 Å². The van der Waals surface area contributed by atoms with Crippen LogP contribution in [0.15, 0.2) is 42.5 Å². The van der Waals surface area contributed by atoms with Gasteiger partial charge in [0.25, 0.3) is 11.8 Å². The SMILES string of the molecule is CC(C)(C)N(C(=O)[O-])[C@@H](Cc1c(F)cccc1F)CN1C(=O)c2ccccc2C1=O. The Morgan fingerprint density at radius 2 is 1.50 bits per heavy atom. The van der Waals surface area contributed by atoms with Crippen LogP contribution in [0.4, 0.5) is 13.6 Å². The first-order valence-corrected chi connectivity index (χ1v) is 9.40. The van der Waals surface area contributed by atoms with Crippen LogP contribution in [0, 0.1) is 11.6 Å². The Morgan fingerprint density at radius 1 is 1.00 bits per heavy atom. The fourth-order valence-corrected chi connectivity index (χ4v) is 3.79. The number of benzene rings is 2. The van der Waals surface area contributed by atoms with Gasteiger partial charge in [-0.15, -0.1) is 0 Å². The first-order valence-electron chi connectivity index (χ1n) is 9.40. The lowest BCUT2D eigenvalue weighted by Gasteiger charge is -2.44. The lowest BCUT2D eigenvalue weighted by atomic mass is 9.97. The molecule has 0 fully saturated rings. The molecule has 0 unspecified atom stereocenters. The maximum absolute atomic E-state index is 14.3. The number of rotatable bonds is 5. The van der Waals surface area contributed by atoms with E-state index in [4.69, 9.17) is 0 Å². The van der Waals surface area contributed by atoms with Crippen molar-refractivity contribution < 1.29 is 28.3 Å². The minimum atomic E-state index is -1.57. The average Bonchev–Trinajstić information content (AvgIpc) is 2.88. The maximum atomic E-state index is 14.3. The van der Waals surface area contributed by atoms with Gasteiger partial charge in [-0.25, -0.2) is 8.78 Å². The number of halogens is 2. The van der Waals surface area contributed by atoms with Gasteiger partial charge < -0.3 is 14.8 Å². The van der Waals surface area contributed by atoms with Crippen LogP contribution in [-0.2, 0) is 6.42 Å². The largest absolute Gasteiger partial charge is 0.530 e. The van der Waals surface area contributed by atoms with E-state index in [0.717, 1.165) is 21.9 Å². The monoisotopic (exact) mass is 415 g/mol. The van der Waals surface area contributed by atoms with Gasteiger partial charge in [0.05, 0.1) is 23.7 Å². The molecule has 1 aliphatic heterocycles. The maximum Gasteiger partial charge on any atom is 0.261 e. The Kier molecular flexibility index (Phi) is 5.61. The molecule has 3 rings (SSSR count). The number of carboxylic acid groups (broad SMARTS) is 1. The summed E-state index contributed by atoms with van der Waals surface area (Å²) in [6.07, 6.45) is -1.95. The van der Waals surface area contributed by atoms with Gasteiger partial charge in [0.1, 0.15) is 17.7 Å². The molecule has 0 aliphatic carbocycles. The van der Waals surface area contributed by atoms with Crippen molar-refractivity contribution in [3.8, 4) is 0 Å². The smallest absolute Gasteiger partial charge is 0.261 e. The van der Waals surface area contributed by atoms with Crippen LogP contribution in [0.1, 0.15) is 47.1 Å². The summed E-state index contributed by atoms with van der Waals surface area (Å²) in [5.41, 5.74) is -0.929. The Bertz CT molecular complexity index is 961. The number of nitrogens with zero attached hydrogens (tertiary/aromatic N) is 2. The first-order chi connectivity index (χ1) is 14.0. The minimum Gasteiger partial charge on any atom is -0.530 e. The van der Waals surface area contributed by atoms with Crippen molar-refractivity contribution in [1.82, 2.24) is 9.80 Å². The number of carbonyl (C=O) groups excluding carboxylic acids is 3. The fourth-order valence-electron chi connectivity index (χ4n) is 3.79. The molecule has 158 valence electrons. The van der Waals surface area contributed by atoms with Gasteiger partial charge in [0, 0.05) is 17.5 Å². The molecule has 1 aliphatic rings. The summed E-state index contributed by atoms with van der Waals surface area (Å²) in [6.45, 7) is 4.41. The fraction of sp³-hybridized carbons (Fsp3) is 0.318. The van der Waals surface area contributed by atoms with E-state index in [-0.39, 0.29) is 29.7 Å². The molecule has 1 heterocycles. The van der Waals surface area contributed by atoms with Gasteiger partial charge in [0.2, 0.25) is 0 Å². The Hall–Kier alpha value is -3.29. The Balaban J connectivity index is 2.01. The van der Waals surface area contributed by atoms with Crippen molar-refractivity contribution in [2.75, 3.05) is 6.54 Å². The van der Waals surface area contributed by atoms with Crippen molar-refractivity contribution in [3.05, 3.63) is 70.8 Å². The van der Waals surface area contributed by atoms with E-state index in [0.29, 0.717) is 0 Å². The molecule has 8 heteroatoms. The van der Waals surface area contributed by atoms with Crippen LogP contribution < -0.4 is 5.11 Å². The Morgan fingerprint density at radius 3 is 1.93 bits per heavy atom. The van der Waals surface area contributed by atoms with Crippen LogP contribution >= 0.6 is 0 Å². The summed E-state index contributed by atoms with van der Waals surface area (Å²) in [7, 11) is 0. The van der Waals surface area contributed by atoms with E-state index in [1.807, 2.05) is 0 Å². The highest BCUT2D eigenvalue weighted by Gasteiger charge is 2.39. The predicted molar refractivity (Wildman–Crippen MR) is 103 cm³/mol. The van der Waals surface area contributed by atoms with Crippen molar-refractivity contribution in [2.24, 2.45) is 0 Å². The van der Waals surface area contributed by atoms with E-state index in [2.05, 4.69) is 0 Å². The van der Waals surface area contributed by atoms with Gasteiger partial charge in [0.15, 0.2) is 0 Å². The minimum absolute atomic E-state index is 0.203. The second-order valence-electron chi connectivity index (χ2n) is 8.13. The lowest BCUT2D eigenvalue weighted by molar-refractivity contribution is -0.273. The third-order valence-corrected chi connectivity index (χ3v) is 5.06. The predicted octanol–water partition coefficient (Wildman–Crippen LogP) is 2.62. The number of fused-ring (bicyclic) bond motifs is 1. The summed E-state index contributed by atoms with van der Waals surface area (Å²) in [5.74, 6) is -2.84. The van der Waals surface area contributed by atoms with Crippen molar-refractivity contribution in [2.45, 2.75) is 38.8 Å². The summed E-state index contributed by atoms with van der Waals surface area (Å²) in [5, 5.41) is 11.9. The molecule has 0 aromatic heterocycles. The van der Waals surface area contributed by atoms with Crippen LogP contribution in [-0.4, -0.2) is 45.8 Å². The molecule has 0 spiro atoms. The van der Waals surface area contributed by atoms with Crippen molar-refractivity contribution in [1.29, 1.82) is 0 Å². The summed E-state index contributed by atoms with van der Waals surface area (Å²) in [6, 6.07) is 8.44. The molecule has 30 heavy (non-hydrogen) atoms. The third-order valence-electron chi connectivity index (χ3n) is 5.06. The number of hydrogen-bond acceptors (Lipinski definition) is 4.